The molecule has 3 N–H and O–H groups in total. The molecule has 1 rings (SSSR count). The molecule has 1 atom stereocenters. The second-order valence-electron chi connectivity index (χ2n) is 2.46. The zero-order chi connectivity index (χ0) is 8.27. The number of aromatic amines is 1. The van der Waals surface area contributed by atoms with Crippen LogP contribution >= 0.6 is 0 Å². The van der Waals surface area contributed by atoms with E-state index in [4.69, 9.17) is 5.73 Å². The van der Waals surface area contributed by atoms with Crippen LogP contribution in [0.2, 0.25) is 0 Å². The second kappa shape index (κ2) is 3.30. The summed E-state index contributed by atoms with van der Waals surface area (Å²) in [6.07, 6.45) is 3.84. The lowest BCUT2D eigenvalue weighted by molar-refractivity contribution is -0.118. The van der Waals surface area contributed by atoms with Crippen LogP contribution in [0.1, 0.15) is 12.7 Å². The van der Waals surface area contributed by atoms with Crippen molar-refractivity contribution < 1.29 is 4.79 Å². The topological polar surface area (TPSA) is 71.8 Å². The van der Waals surface area contributed by atoms with Crippen LogP contribution in [0.15, 0.2) is 12.4 Å². The first-order valence-electron chi connectivity index (χ1n) is 3.44. The Morgan fingerprint density at radius 2 is 2.64 bits per heavy atom. The lowest BCUT2D eigenvalue weighted by Gasteiger charge is -2.03. The van der Waals surface area contributed by atoms with Crippen LogP contribution in [0.4, 0.5) is 0 Å². The van der Waals surface area contributed by atoms with E-state index in [2.05, 4.69) is 9.97 Å². The highest BCUT2D eigenvalue weighted by Crippen LogP contribution is 1.94. The van der Waals surface area contributed by atoms with Crippen LogP contribution in [0.5, 0.6) is 0 Å². The molecule has 4 nitrogen and oxygen atoms in total. The van der Waals surface area contributed by atoms with E-state index in [1.165, 1.54) is 6.92 Å². The first kappa shape index (κ1) is 7.94. The Kier molecular flexibility index (Phi) is 2.38. The molecule has 0 saturated carbocycles. The first-order chi connectivity index (χ1) is 5.20. The van der Waals surface area contributed by atoms with Crippen LogP contribution < -0.4 is 5.73 Å². The molecular weight excluding hydrogens is 142 g/mol. The summed E-state index contributed by atoms with van der Waals surface area (Å²) in [6, 6.07) is -0.429. The van der Waals surface area contributed by atoms with E-state index in [0.717, 1.165) is 5.82 Å². The van der Waals surface area contributed by atoms with Gasteiger partial charge in [0.1, 0.15) is 11.6 Å². The fourth-order valence-electron chi connectivity index (χ4n) is 0.762. The van der Waals surface area contributed by atoms with Gasteiger partial charge < -0.3 is 10.7 Å². The van der Waals surface area contributed by atoms with Crippen molar-refractivity contribution in [1.29, 1.82) is 0 Å². The highest BCUT2D eigenvalue weighted by molar-refractivity contribution is 5.81. The zero-order valence-corrected chi connectivity index (χ0v) is 6.37. The highest BCUT2D eigenvalue weighted by atomic mass is 16.1. The minimum Gasteiger partial charge on any atom is -0.349 e. The molecule has 60 valence electrons. The van der Waals surface area contributed by atoms with Gasteiger partial charge in [0.15, 0.2) is 0 Å². The number of rotatable bonds is 3. The van der Waals surface area contributed by atoms with E-state index in [0.29, 0.717) is 6.42 Å². The average molecular weight is 153 g/mol. The maximum absolute atomic E-state index is 10.7. The Hall–Kier alpha value is -1.16. The number of hydrogen-bond acceptors (Lipinski definition) is 3. The Morgan fingerprint density at radius 1 is 1.91 bits per heavy atom. The maximum atomic E-state index is 10.7. The van der Waals surface area contributed by atoms with E-state index < -0.39 is 6.04 Å². The predicted octanol–water partition coefficient (Wildman–Crippen LogP) is -0.132. The van der Waals surface area contributed by atoms with Gasteiger partial charge in [-0.3, -0.25) is 4.79 Å². The number of nitrogens with two attached hydrogens (primary N) is 1. The molecule has 0 saturated heterocycles. The Morgan fingerprint density at radius 3 is 3.09 bits per heavy atom. The molecule has 0 amide bonds. The monoisotopic (exact) mass is 153 g/mol. The Bertz CT molecular complexity index is 230. The molecule has 1 aromatic heterocycles. The number of ketones is 1. The van der Waals surface area contributed by atoms with Gasteiger partial charge in [-0.25, -0.2) is 4.98 Å². The number of Topliss-reactive ketones (excluding diaryl/α,β-unsaturated/α-hetero) is 1. The number of carbonyl (C=O) groups is 1. The Labute approximate surface area is 64.8 Å². The molecule has 0 aromatic carbocycles. The van der Waals surface area contributed by atoms with Crippen molar-refractivity contribution in [3.05, 3.63) is 18.2 Å². The van der Waals surface area contributed by atoms with Gasteiger partial charge in [0, 0.05) is 18.8 Å². The number of nitrogens with zero attached hydrogens (tertiary/aromatic N) is 1. The van der Waals surface area contributed by atoms with Crippen LogP contribution in [-0.4, -0.2) is 21.8 Å². The summed E-state index contributed by atoms with van der Waals surface area (Å²) < 4.78 is 0. The number of aromatic nitrogens is 2. The highest BCUT2D eigenvalue weighted by Gasteiger charge is 2.09. The molecule has 1 heterocycles. The Balaban J connectivity index is 2.50. The van der Waals surface area contributed by atoms with Crippen molar-refractivity contribution in [1.82, 2.24) is 9.97 Å². The van der Waals surface area contributed by atoms with E-state index >= 15 is 0 Å². The molecule has 1 aromatic rings. The van der Waals surface area contributed by atoms with Crippen molar-refractivity contribution in [2.45, 2.75) is 19.4 Å². The summed E-state index contributed by atoms with van der Waals surface area (Å²) in [5.41, 5.74) is 5.50. The van der Waals surface area contributed by atoms with Gasteiger partial charge in [-0.05, 0) is 6.92 Å². The van der Waals surface area contributed by atoms with Crippen LogP contribution in [-0.2, 0) is 11.2 Å². The van der Waals surface area contributed by atoms with Crippen molar-refractivity contribution >= 4 is 5.78 Å². The minimum absolute atomic E-state index is 0.0126. The van der Waals surface area contributed by atoms with Gasteiger partial charge in [0.2, 0.25) is 0 Å². The second-order valence-corrected chi connectivity index (χ2v) is 2.46. The molecule has 0 bridgehead atoms. The van der Waals surface area contributed by atoms with Crippen LogP contribution in [0.3, 0.4) is 0 Å². The SMILES string of the molecule is CC(=O)C(N)Cc1ncc[nH]1. The number of hydrogen-bond donors (Lipinski definition) is 2. The smallest absolute Gasteiger partial charge is 0.146 e. The molecule has 0 aliphatic carbocycles. The van der Waals surface area contributed by atoms with Crippen molar-refractivity contribution in [3.8, 4) is 0 Å². The van der Waals surface area contributed by atoms with Gasteiger partial charge in [-0.2, -0.15) is 0 Å². The molecule has 4 heteroatoms. The van der Waals surface area contributed by atoms with E-state index in [9.17, 15) is 4.79 Å². The fourth-order valence-corrected chi connectivity index (χ4v) is 0.762. The largest absolute Gasteiger partial charge is 0.349 e. The normalized spacial score (nSPS) is 12.9. The summed E-state index contributed by atoms with van der Waals surface area (Å²) in [7, 11) is 0. The van der Waals surface area contributed by atoms with Crippen LogP contribution in [0.25, 0.3) is 0 Å². The van der Waals surface area contributed by atoms with Crippen molar-refractivity contribution in [3.63, 3.8) is 0 Å². The van der Waals surface area contributed by atoms with Crippen molar-refractivity contribution in [2.24, 2.45) is 5.73 Å². The summed E-state index contributed by atoms with van der Waals surface area (Å²) in [4.78, 5) is 17.5. The van der Waals surface area contributed by atoms with Gasteiger partial charge in [0.05, 0.1) is 6.04 Å². The third kappa shape index (κ3) is 2.16. The number of H-pyrrole nitrogens is 1. The van der Waals surface area contributed by atoms with Crippen molar-refractivity contribution in [2.75, 3.05) is 0 Å². The summed E-state index contributed by atoms with van der Waals surface area (Å²) in [6.45, 7) is 1.48. The van der Waals surface area contributed by atoms with Gasteiger partial charge >= 0.3 is 0 Å². The third-order valence-electron chi connectivity index (χ3n) is 1.49. The number of imidazole rings is 1. The first-order valence-corrected chi connectivity index (χ1v) is 3.44. The molecule has 11 heavy (non-hydrogen) atoms. The summed E-state index contributed by atoms with van der Waals surface area (Å²) in [5.74, 6) is 0.745. The van der Waals surface area contributed by atoms with Gasteiger partial charge in [-0.15, -0.1) is 0 Å². The molecule has 0 radical (unpaired) electrons. The van der Waals surface area contributed by atoms with Crippen LogP contribution in [0, 0.1) is 0 Å². The third-order valence-corrected chi connectivity index (χ3v) is 1.49. The fraction of sp³-hybridized carbons (Fsp3) is 0.429. The van der Waals surface area contributed by atoms with E-state index in [1.54, 1.807) is 12.4 Å². The lowest BCUT2D eigenvalue weighted by atomic mass is 10.1. The molecule has 0 aliphatic rings. The zero-order valence-electron chi connectivity index (χ0n) is 6.37. The maximum Gasteiger partial charge on any atom is 0.146 e. The quantitative estimate of drug-likeness (QED) is 0.635. The molecular formula is C7H11N3O. The number of nitrogens with one attached hydrogen (secondary N) is 1. The van der Waals surface area contributed by atoms with Gasteiger partial charge in [0.25, 0.3) is 0 Å². The lowest BCUT2D eigenvalue weighted by Crippen LogP contribution is -2.30. The average Bonchev–Trinajstić information content (AvgIpc) is 2.39. The predicted molar refractivity (Wildman–Crippen MR) is 40.9 cm³/mol. The van der Waals surface area contributed by atoms with Gasteiger partial charge in [-0.1, -0.05) is 0 Å². The summed E-state index contributed by atoms with van der Waals surface area (Å²) in [5, 5.41) is 0. The summed E-state index contributed by atoms with van der Waals surface area (Å²) >= 11 is 0. The minimum atomic E-state index is -0.429. The molecule has 0 spiro atoms. The standard InChI is InChI=1S/C7H11N3O/c1-5(11)6(8)4-7-9-2-3-10-7/h2-3,6H,4,8H2,1H3,(H,9,10). The molecule has 0 fully saturated rings. The number of carbonyl (C=O) groups excluding carboxylic acids is 1. The molecule has 1 unspecified atom stereocenters. The van der Waals surface area contributed by atoms with E-state index in [-0.39, 0.29) is 5.78 Å². The molecule has 0 aliphatic heterocycles. The van der Waals surface area contributed by atoms with E-state index in [1.807, 2.05) is 0 Å².